The van der Waals surface area contributed by atoms with Gasteiger partial charge in [-0.2, -0.15) is 0 Å². The number of aromatic nitrogens is 2. The molecule has 0 fully saturated rings. The van der Waals surface area contributed by atoms with E-state index in [4.69, 9.17) is 14.2 Å². The summed E-state index contributed by atoms with van der Waals surface area (Å²) in [5, 5.41) is 5.53. The van der Waals surface area contributed by atoms with E-state index in [1.807, 2.05) is 24.3 Å². The second-order valence-electron chi connectivity index (χ2n) is 6.47. The van der Waals surface area contributed by atoms with Crippen LogP contribution in [0.1, 0.15) is 12.5 Å². The average molecular weight is 396 g/mol. The molecule has 2 heterocycles. The number of rotatable bonds is 6. The minimum absolute atomic E-state index is 0.0458. The quantitative estimate of drug-likeness (QED) is 0.664. The highest BCUT2D eigenvalue weighted by Gasteiger charge is 2.34. The number of amides is 2. The molecule has 2 aromatic carbocycles. The zero-order valence-electron chi connectivity index (χ0n) is 16.2. The first kappa shape index (κ1) is 18.6. The number of benzene rings is 2. The SMILES string of the molecule is COc1cc(NC(=O)C[C@H]2C(=O)Nc3nc4ccccc4n32)cc(OC)c1OC. The fourth-order valence-corrected chi connectivity index (χ4v) is 3.48. The Bertz CT molecular complexity index is 1080. The smallest absolute Gasteiger partial charge is 0.250 e. The van der Waals surface area contributed by atoms with E-state index in [2.05, 4.69) is 15.6 Å². The Hall–Kier alpha value is -3.75. The minimum atomic E-state index is -0.681. The first-order chi connectivity index (χ1) is 14.0. The molecule has 0 aliphatic carbocycles. The molecule has 9 nitrogen and oxygen atoms in total. The van der Waals surface area contributed by atoms with Crippen molar-refractivity contribution in [2.24, 2.45) is 0 Å². The van der Waals surface area contributed by atoms with E-state index in [1.54, 1.807) is 16.7 Å². The molecule has 0 radical (unpaired) electrons. The molecule has 0 spiro atoms. The molecule has 9 heteroatoms. The number of nitrogens with one attached hydrogen (secondary N) is 2. The van der Waals surface area contributed by atoms with Crippen molar-refractivity contribution in [2.75, 3.05) is 32.0 Å². The lowest BCUT2D eigenvalue weighted by Gasteiger charge is -2.15. The summed E-state index contributed by atoms with van der Waals surface area (Å²) in [4.78, 5) is 29.5. The van der Waals surface area contributed by atoms with E-state index in [-0.39, 0.29) is 18.2 Å². The van der Waals surface area contributed by atoms with Crippen molar-refractivity contribution in [3.63, 3.8) is 0 Å². The number of carbonyl (C=O) groups excluding carboxylic acids is 2. The van der Waals surface area contributed by atoms with Crippen LogP contribution in [0.2, 0.25) is 0 Å². The summed E-state index contributed by atoms with van der Waals surface area (Å²) in [6.07, 6.45) is -0.0458. The van der Waals surface area contributed by atoms with Gasteiger partial charge in [-0.15, -0.1) is 0 Å². The lowest BCUT2D eigenvalue weighted by Crippen LogP contribution is -2.23. The highest BCUT2D eigenvalue weighted by molar-refractivity contribution is 6.03. The summed E-state index contributed by atoms with van der Waals surface area (Å²) >= 11 is 0. The van der Waals surface area contributed by atoms with Gasteiger partial charge in [0.2, 0.25) is 23.5 Å². The maximum Gasteiger partial charge on any atom is 0.250 e. The van der Waals surface area contributed by atoms with E-state index in [9.17, 15) is 9.59 Å². The maximum absolute atomic E-state index is 12.7. The first-order valence-electron chi connectivity index (χ1n) is 8.93. The van der Waals surface area contributed by atoms with E-state index >= 15 is 0 Å². The van der Waals surface area contributed by atoms with Crippen LogP contribution in [0.5, 0.6) is 17.2 Å². The Morgan fingerprint density at radius 2 is 1.83 bits per heavy atom. The molecule has 3 aromatic rings. The van der Waals surface area contributed by atoms with Crippen LogP contribution >= 0.6 is 0 Å². The Morgan fingerprint density at radius 3 is 2.48 bits per heavy atom. The van der Waals surface area contributed by atoms with Crippen LogP contribution in [0.15, 0.2) is 36.4 Å². The van der Waals surface area contributed by atoms with E-state index < -0.39 is 6.04 Å². The van der Waals surface area contributed by atoms with Crippen LogP contribution < -0.4 is 24.8 Å². The van der Waals surface area contributed by atoms with Gasteiger partial charge in [0.15, 0.2) is 11.5 Å². The Kier molecular flexibility index (Phi) is 4.71. The molecule has 0 saturated heterocycles. The van der Waals surface area contributed by atoms with Crippen molar-refractivity contribution in [3.05, 3.63) is 36.4 Å². The van der Waals surface area contributed by atoms with Crippen LogP contribution in [0.25, 0.3) is 11.0 Å². The van der Waals surface area contributed by atoms with Crippen molar-refractivity contribution in [1.29, 1.82) is 0 Å². The predicted octanol–water partition coefficient (Wildman–Crippen LogP) is 2.58. The fraction of sp³-hybridized carbons (Fsp3) is 0.250. The second-order valence-corrected chi connectivity index (χ2v) is 6.47. The fourth-order valence-electron chi connectivity index (χ4n) is 3.48. The largest absolute Gasteiger partial charge is 0.493 e. The molecule has 1 aromatic heterocycles. The van der Waals surface area contributed by atoms with E-state index in [0.717, 1.165) is 11.0 Å². The van der Waals surface area contributed by atoms with Crippen molar-refractivity contribution in [2.45, 2.75) is 12.5 Å². The average Bonchev–Trinajstić information content (AvgIpc) is 3.22. The zero-order chi connectivity index (χ0) is 20.5. The van der Waals surface area contributed by atoms with Gasteiger partial charge in [-0.05, 0) is 12.1 Å². The summed E-state index contributed by atoms with van der Waals surface area (Å²) in [6, 6.07) is 10.1. The van der Waals surface area contributed by atoms with Crippen molar-refractivity contribution in [1.82, 2.24) is 9.55 Å². The summed E-state index contributed by atoms with van der Waals surface area (Å²) in [6.45, 7) is 0. The van der Waals surface area contributed by atoms with E-state index in [1.165, 1.54) is 21.3 Å². The summed E-state index contributed by atoms with van der Waals surface area (Å²) < 4.78 is 17.6. The standard InChI is InChI=1S/C20H20N4O5/c1-27-15-8-11(9-16(28-2)18(15)29-3)21-17(25)10-14-19(26)23-20-22-12-6-4-5-7-13(12)24(14)20/h4-9,14H,10H2,1-3H3,(H,21,25)(H,22,23,26)/t14-/m0/s1. The molecular formula is C20H20N4O5. The van der Waals surface area contributed by atoms with Gasteiger partial charge >= 0.3 is 0 Å². The van der Waals surface area contributed by atoms with Gasteiger partial charge in [-0.25, -0.2) is 4.98 Å². The topological polar surface area (TPSA) is 104 Å². The van der Waals surface area contributed by atoms with Gasteiger partial charge in [-0.3, -0.25) is 19.5 Å². The number of anilines is 2. The van der Waals surface area contributed by atoms with E-state index in [0.29, 0.717) is 28.9 Å². The molecule has 1 atom stereocenters. The van der Waals surface area contributed by atoms with Crippen LogP contribution in [-0.4, -0.2) is 42.7 Å². The number of hydrogen-bond acceptors (Lipinski definition) is 6. The molecular weight excluding hydrogens is 376 g/mol. The predicted molar refractivity (Wildman–Crippen MR) is 107 cm³/mol. The number of para-hydroxylation sites is 2. The molecule has 150 valence electrons. The highest BCUT2D eigenvalue weighted by atomic mass is 16.5. The molecule has 0 bridgehead atoms. The number of imidazole rings is 1. The van der Waals surface area contributed by atoms with Crippen molar-refractivity contribution >= 4 is 34.5 Å². The molecule has 2 amide bonds. The molecule has 4 rings (SSSR count). The van der Waals surface area contributed by atoms with Crippen molar-refractivity contribution in [3.8, 4) is 17.2 Å². The van der Waals surface area contributed by atoms with Gasteiger partial charge in [0.1, 0.15) is 6.04 Å². The third kappa shape index (κ3) is 3.20. The molecule has 1 aliphatic rings. The Balaban J connectivity index is 1.58. The van der Waals surface area contributed by atoms with Gasteiger partial charge < -0.3 is 19.5 Å². The van der Waals surface area contributed by atoms with Gasteiger partial charge in [0.25, 0.3) is 0 Å². The number of fused-ring (bicyclic) bond motifs is 3. The summed E-state index contributed by atoms with van der Waals surface area (Å²) in [7, 11) is 4.50. The van der Waals surface area contributed by atoms with Crippen LogP contribution in [0, 0.1) is 0 Å². The highest BCUT2D eigenvalue weighted by Crippen LogP contribution is 2.40. The van der Waals surface area contributed by atoms with Crippen molar-refractivity contribution < 1.29 is 23.8 Å². The Labute approximate surface area is 166 Å². The third-order valence-electron chi connectivity index (χ3n) is 4.77. The summed E-state index contributed by atoms with van der Waals surface area (Å²) in [5.41, 5.74) is 2.03. The summed E-state index contributed by atoms with van der Waals surface area (Å²) in [5.74, 6) is 1.12. The van der Waals surface area contributed by atoms with Crippen LogP contribution in [0.3, 0.4) is 0 Å². The Morgan fingerprint density at radius 1 is 1.14 bits per heavy atom. The molecule has 29 heavy (non-hydrogen) atoms. The number of hydrogen-bond donors (Lipinski definition) is 2. The number of methoxy groups -OCH3 is 3. The maximum atomic E-state index is 12.7. The third-order valence-corrected chi connectivity index (χ3v) is 4.77. The molecule has 0 unspecified atom stereocenters. The van der Waals surface area contributed by atoms with Crippen LogP contribution in [0.4, 0.5) is 11.6 Å². The minimum Gasteiger partial charge on any atom is -0.493 e. The molecule has 2 N–H and O–H groups in total. The lowest BCUT2D eigenvalue weighted by atomic mass is 10.1. The number of ether oxygens (including phenoxy) is 3. The first-order valence-corrected chi connectivity index (χ1v) is 8.93. The molecule has 1 aliphatic heterocycles. The number of nitrogens with zero attached hydrogens (tertiary/aromatic N) is 2. The molecule has 0 saturated carbocycles. The van der Waals surface area contributed by atoms with Crippen LogP contribution in [-0.2, 0) is 9.59 Å². The van der Waals surface area contributed by atoms with Gasteiger partial charge in [-0.1, -0.05) is 12.1 Å². The normalized spacial score (nSPS) is 15.0. The second kappa shape index (κ2) is 7.34. The number of carbonyl (C=O) groups is 2. The monoisotopic (exact) mass is 396 g/mol. The van der Waals surface area contributed by atoms with Gasteiger partial charge in [0, 0.05) is 17.8 Å². The zero-order valence-corrected chi connectivity index (χ0v) is 16.2. The van der Waals surface area contributed by atoms with Gasteiger partial charge in [0.05, 0.1) is 38.8 Å². The lowest BCUT2D eigenvalue weighted by molar-refractivity contribution is -0.123.